The van der Waals surface area contributed by atoms with Crippen molar-refractivity contribution in [2.45, 2.75) is 193 Å². The summed E-state index contributed by atoms with van der Waals surface area (Å²) in [6.07, 6.45) is 45.5. The lowest BCUT2D eigenvalue weighted by Crippen LogP contribution is -1.93. The maximum absolute atomic E-state index is 10.5. The maximum atomic E-state index is 10.5. The molecule has 0 aromatic carbocycles. The van der Waals surface area contributed by atoms with E-state index in [9.17, 15) is 9.59 Å². The van der Waals surface area contributed by atoms with Crippen molar-refractivity contribution in [2.75, 3.05) is 0 Å². The van der Waals surface area contributed by atoms with E-state index >= 15 is 0 Å². The zero-order valence-electron chi connectivity index (χ0n) is 26.2. The van der Waals surface area contributed by atoms with Crippen molar-refractivity contribution < 1.29 is 19.8 Å². The van der Waals surface area contributed by atoms with Crippen LogP contribution in [0.4, 0.5) is 0 Å². The van der Waals surface area contributed by atoms with Gasteiger partial charge >= 0.3 is 11.9 Å². The molecular formula is C36H66O4. The van der Waals surface area contributed by atoms with Gasteiger partial charge in [-0.15, -0.1) is 0 Å². The number of allylic oxidation sites excluding steroid dienone is 4. The van der Waals surface area contributed by atoms with E-state index in [1.54, 1.807) is 0 Å². The fourth-order valence-corrected chi connectivity index (χ4v) is 5.25. The van der Waals surface area contributed by atoms with E-state index in [4.69, 9.17) is 10.2 Å². The van der Waals surface area contributed by atoms with E-state index in [0.717, 1.165) is 25.7 Å². The molecule has 4 nitrogen and oxygen atoms in total. The van der Waals surface area contributed by atoms with Crippen molar-refractivity contribution in [1.29, 1.82) is 0 Å². The molecule has 0 amide bonds. The lowest BCUT2D eigenvalue weighted by molar-refractivity contribution is -0.138. The Morgan fingerprint density at radius 3 is 0.675 bits per heavy atom. The topological polar surface area (TPSA) is 74.6 Å². The molecule has 0 fully saturated rings. The average molecular weight is 563 g/mol. The summed E-state index contributed by atoms with van der Waals surface area (Å²) in [6, 6.07) is 0. The van der Waals surface area contributed by atoms with Crippen molar-refractivity contribution in [3.05, 3.63) is 24.3 Å². The Balaban J connectivity index is 3.13. The summed E-state index contributed by atoms with van der Waals surface area (Å²) in [5.74, 6) is -1.33. The minimum Gasteiger partial charge on any atom is -0.481 e. The van der Waals surface area contributed by atoms with Crippen LogP contribution in [-0.4, -0.2) is 22.2 Å². The number of hydrogen-bond acceptors (Lipinski definition) is 2. The smallest absolute Gasteiger partial charge is 0.303 e. The minimum absolute atomic E-state index is 0.324. The Morgan fingerprint density at radius 2 is 0.475 bits per heavy atom. The zero-order chi connectivity index (χ0) is 29.2. The van der Waals surface area contributed by atoms with E-state index in [2.05, 4.69) is 24.3 Å². The number of carboxylic acid groups (broad SMARTS) is 2. The molecule has 4 heteroatoms. The molecule has 2 N–H and O–H groups in total. The number of aliphatic carboxylic acids is 2. The quantitative estimate of drug-likeness (QED) is 0.0616. The second-order valence-corrected chi connectivity index (χ2v) is 11.9. The Labute approximate surface area is 248 Å². The van der Waals surface area contributed by atoms with Crippen molar-refractivity contribution in [3.8, 4) is 0 Å². The van der Waals surface area contributed by atoms with Gasteiger partial charge in [0.1, 0.15) is 0 Å². The van der Waals surface area contributed by atoms with Gasteiger partial charge in [0, 0.05) is 12.8 Å². The second kappa shape index (κ2) is 33.6. The first-order valence-electron chi connectivity index (χ1n) is 17.4. The van der Waals surface area contributed by atoms with E-state index in [0.29, 0.717) is 12.8 Å². The van der Waals surface area contributed by atoms with Gasteiger partial charge in [0.2, 0.25) is 0 Å². The summed E-state index contributed by atoms with van der Waals surface area (Å²) in [5.41, 5.74) is 0. The molecule has 0 saturated heterocycles. The van der Waals surface area contributed by atoms with Crippen LogP contribution in [0.15, 0.2) is 24.3 Å². The van der Waals surface area contributed by atoms with Crippen molar-refractivity contribution in [1.82, 2.24) is 0 Å². The van der Waals surface area contributed by atoms with Crippen LogP contribution in [0.5, 0.6) is 0 Å². The number of unbranched alkanes of at least 4 members (excludes halogenated alkanes) is 25. The molecule has 0 spiro atoms. The molecule has 0 heterocycles. The van der Waals surface area contributed by atoms with Crippen molar-refractivity contribution >= 4 is 11.9 Å². The molecule has 0 atom stereocenters. The van der Waals surface area contributed by atoms with E-state index in [1.165, 1.54) is 154 Å². The van der Waals surface area contributed by atoms with Gasteiger partial charge in [-0.1, -0.05) is 140 Å². The monoisotopic (exact) mass is 562 g/mol. The lowest BCUT2D eigenvalue weighted by atomic mass is 10.0. The third-order valence-corrected chi connectivity index (χ3v) is 7.85. The van der Waals surface area contributed by atoms with Crippen molar-refractivity contribution in [3.63, 3.8) is 0 Å². The molecule has 0 aromatic rings. The van der Waals surface area contributed by atoms with Gasteiger partial charge in [-0.3, -0.25) is 9.59 Å². The molecule has 0 aliphatic heterocycles. The fourth-order valence-electron chi connectivity index (χ4n) is 5.25. The predicted molar refractivity (Wildman–Crippen MR) is 172 cm³/mol. The highest BCUT2D eigenvalue weighted by molar-refractivity contribution is 5.66. The predicted octanol–water partition coefficient (Wildman–Crippen LogP) is 12.0. The molecular weight excluding hydrogens is 496 g/mol. The normalized spacial score (nSPS) is 11.7. The molecule has 234 valence electrons. The molecule has 0 aliphatic rings. The molecule has 0 aromatic heterocycles. The Kier molecular flexibility index (Phi) is 32.3. The summed E-state index contributed by atoms with van der Waals surface area (Å²) in [4.78, 5) is 20.9. The summed E-state index contributed by atoms with van der Waals surface area (Å²) in [5, 5.41) is 17.2. The van der Waals surface area contributed by atoms with Crippen LogP contribution in [0.25, 0.3) is 0 Å². The molecule has 0 rings (SSSR count). The van der Waals surface area contributed by atoms with Crippen LogP contribution in [0.2, 0.25) is 0 Å². The fraction of sp³-hybridized carbons (Fsp3) is 0.833. The third-order valence-electron chi connectivity index (χ3n) is 7.85. The standard InChI is InChI=1S/C36H66O4/c37-35(38)33-31-29-27-25-23-21-19-17-15-13-11-9-7-5-3-1-2-4-6-8-10-12-14-16-18-20-22-24-26-28-30-32-34-36(39)40/h17-20H,1-16,21-34H2,(H,37,38)(H,39,40). The van der Waals surface area contributed by atoms with Crippen LogP contribution in [0.1, 0.15) is 193 Å². The molecule has 0 saturated carbocycles. The summed E-state index contributed by atoms with van der Waals surface area (Å²) >= 11 is 0. The van der Waals surface area contributed by atoms with Crippen LogP contribution in [0.3, 0.4) is 0 Å². The molecule has 0 radical (unpaired) electrons. The maximum Gasteiger partial charge on any atom is 0.303 e. The third kappa shape index (κ3) is 36.4. The first-order chi connectivity index (χ1) is 19.6. The van der Waals surface area contributed by atoms with Crippen LogP contribution in [-0.2, 0) is 9.59 Å². The van der Waals surface area contributed by atoms with Gasteiger partial charge in [0.15, 0.2) is 0 Å². The summed E-state index contributed by atoms with van der Waals surface area (Å²) < 4.78 is 0. The lowest BCUT2D eigenvalue weighted by Gasteiger charge is -2.03. The van der Waals surface area contributed by atoms with Gasteiger partial charge in [0.25, 0.3) is 0 Å². The van der Waals surface area contributed by atoms with Gasteiger partial charge in [0.05, 0.1) is 0 Å². The first kappa shape index (κ1) is 38.4. The van der Waals surface area contributed by atoms with Gasteiger partial charge < -0.3 is 10.2 Å². The molecule has 0 aliphatic carbocycles. The van der Waals surface area contributed by atoms with Gasteiger partial charge in [-0.2, -0.15) is 0 Å². The number of rotatable bonds is 33. The minimum atomic E-state index is -0.667. The van der Waals surface area contributed by atoms with Gasteiger partial charge in [-0.05, 0) is 64.2 Å². The summed E-state index contributed by atoms with van der Waals surface area (Å²) in [6.45, 7) is 0. The highest BCUT2D eigenvalue weighted by atomic mass is 16.4. The Hall–Kier alpha value is -1.58. The van der Waals surface area contributed by atoms with Crippen LogP contribution >= 0.6 is 0 Å². The zero-order valence-corrected chi connectivity index (χ0v) is 26.2. The highest BCUT2D eigenvalue weighted by Gasteiger charge is 1.97. The van der Waals surface area contributed by atoms with E-state index < -0.39 is 11.9 Å². The molecule has 40 heavy (non-hydrogen) atoms. The number of carboxylic acids is 2. The molecule has 0 bridgehead atoms. The van der Waals surface area contributed by atoms with E-state index in [1.807, 2.05) is 0 Å². The largest absolute Gasteiger partial charge is 0.481 e. The molecule has 0 unspecified atom stereocenters. The Morgan fingerprint density at radius 1 is 0.300 bits per heavy atom. The SMILES string of the molecule is O=C(O)CCCCCCCC=CCCCCCCCCCCCCCCCCC=CCCCCCCCC(=O)O. The van der Waals surface area contributed by atoms with Gasteiger partial charge in [-0.25, -0.2) is 0 Å². The van der Waals surface area contributed by atoms with Crippen molar-refractivity contribution in [2.24, 2.45) is 0 Å². The second-order valence-electron chi connectivity index (χ2n) is 11.9. The highest BCUT2D eigenvalue weighted by Crippen LogP contribution is 2.15. The first-order valence-corrected chi connectivity index (χ1v) is 17.4. The van der Waals surface area contributed by atoms with E-state index in [-0.39, 0.29) is 0 Å². The number of carbonyl (C=O) groups is 2. The summed E-state index contributed by atoms with van der Waals surface area (Å²) in [7, 11) is 0. The average Bonchev–Trinajstić information content (AvgIpc) is 2.93. The van der Waals surface area contributed by atoms with Crippen LogP contribution in [0, 0.1) is 0 Å². The van der Waals surface area contributed by atoms with Crippen LogP contribution < -0.4 is 0 Å². The number of hydrogen-bond donors (Lipinski definition) is 2. The Bertz CT molecular complexity index is 544.